The van der Waals surface area contributed by atoms with Crippen LogP contribution in [0.3, 0.4) is 0 Å². The van der Waals surface area contributed by atoms with Gasteiger partial charge in [0.2, 0.25) is 5.91 Å². The first-order chi connectivity index (χ1) is 9.83. The standard InChI is InChI=1S/C18H27NOSi/c1-6-21(7-2,8-3)14-13-15-11-9-10-12-16(15)18(4,5)17(19)20/h9-12H,6-8H2,1-5H3,(H2,19,20). The van der Waals surface area contributed by atoms with Crippen molar-refractivity contribution in [1.82, 2.24) is 0 Å². The van der Waals surface area contributed by atoms with Gasteiger partial charge in [-0.15, -0.1) is 5.54 Å². The van der Waals surface area contributed by atoms with E-state index in [2.05, 4.69) is 32.2 Å². The van der Waals surface area contributed by atoms with Crippen LogP contribution in [-0.4, -0.2) is 14.0 Å². The van der Waals surface area contributed by atoms with Gasteiger partial charge in [-0.25, -0.2) is 0 Å². The van der Waals surface area contributed by atoms with E-state index in [1.807, 2.05) is 38.1 Å². The zero-order valence-corrected chi connectivity index (χ0v) is 14.9. The first-order valence-corrected chi connectivity index (χ1v) is 10.4. The van der Waals surface area contributed by atoms with Gasteiger partial charge in [0.1, 0.15) is 8.07 Å². The van der Waals surface area contributed by atoms with Gasteiger partial charge >= 0.3 is 0 Å². The zero-order valence-electron chi connectivity index (χ0n) is 13.9. The van der Waals surface area contributed by atoms with Crippen LogP contribution in [0.15, 0.2) is 24.3 Å². The molecule has 0 radical (unpaired) electrons. The molecule has 1 aromatic carbocycles. The smallest absolute Gasteiger partial charge is 0.227 e. The van der Waals surface area contributed by atoms with Crippen LogP contribution < -0.4 is 5.73 Å². The highest BCUT2D eigenvalue weighted by Gasteiger charge is 2.29. The van der Waals surface area contributed by atoms with Crippen molar-refractivity contribution in [2.45, 2.75) is 58.2 Å². The molecule has 0 saturated carbocycles. The van der Waals surface area contributed by atoms with E-state index in [0.717, 1.165) is 11.1 Å². The molecule has 2 N–H and O–H groups in total. The van der Waals surface area contributed by atoms with E-state index < -0.39 is 13.5 Å². The van der Waals surface area contributed by atoms with Crippen LogP contribution in [0.4, 0.5) is 0 Å². The van der Waals surface area contributed by atoms with Crippen molar-refractivity contribution >= 4 is 14.0 Å². The summed E-state index contributed by atoms with van der Waals surface area (Å²) in [5.41, 5.74) is 10.3. The van der Waals surface area contributed by atoms with Crippen LogP contribution in [0.25, 0.3) is 0 Å². The van der Waals surface area contributed by atoms with Gasteiger partial charge < -0.3 is 5.73 Å². The minimum atomic E-state index is -1.49. The van der Waals surface area contributed by atoms with Gasteiger partial charge in [-0.3, -0.25) is 4.79 Å². The summed E-state index contributed by atoms with van der Waals surface area (Å²) in [5.74, 6) is 3.05. The fourth-order valence-corrected chi connectivity index (χ4v) is 4.92. The SMILES string of the molecule is CC[Si](C#Cc1ccccc1C(C)(C)C(N)=O)(CC)CC. The number of primary amides is 1. The molecule has 0 aliphatic carbocycles. The lowest BCUT2D eigenvalue weighted by atomic mass is 9.81. The second-order valence-electron chi connectivity index (χ2n) is 6.13. The molecular formula is C18H27NOSi. The maximum absolute atomic E-state index is 11.7. The largest absolute Gasteiger partial charge is 0.369 e. The molecule has 0 atom stereocenters. The van der Waals surface area contributed by atoms with Gasteiger partial charge in [0, 0.05) is 5.56 Å². The monoisotopic (exact) mass is 301 g/mol. The fourth-order valence-electron chi connectivity index (χ4n) is 2.48. The van der Waals surface area contributed by atoms with Crippen LogP contribution in [0, 0.1) is 11.5 Å². The molecule has 1 aromatic rings. The summed E-state index contributed by atoms with van der Waals surface area (Å²) in [6.45, 7) is 10.5. The molecule has 21 heavy (non-hydrogen) atoms. The van der Waals surface area contributed by atoms with E-state index in [9.17, 15) is 4.79 Å². The van der Waals surface area contributed by atoms with Crippen molar-refractivity contribution in [2.75, 3.05) is 0 Å². The number of carbonyl (C=O) groups is 1. The van der Waals surface area contributed by atoms with Crippen molar-refractivity contribution < 1.29 is 4.79 Å². The summed E-state index contributed by atoms with van der Waals surface area (Å²) in [6, 6.07) is 11.4. The summed E-state index contributed by atoms with van der Waals surface area (Å²) in [4.78, 5) is 11.7. The van der Waals surface area contributed by atoms with Gasteiger partial charge in [0.15, 0.2) is 0 Å². The lowest BCUT2D eigenvalue weighted by Crippen LogP contribution is -2.36. The number of hydrogen-bond donors (Lipinski definition) is 1. The van der Waals surface area contributed by atoms with Crippen LogP contribution >= 0.6 is 0 Å². The summed E-state index contributed by atoms with van der Waals surface area (Å²) in [7, 11) is -1.49. The van der Waals surface area contributed by atoms with E-state index in [1.165, 1.54) is 18.1 Å². The fraction of sp³-hybridized carbons (Fsp3) is 0.500. The summed E-state index contributed by atoms with van der Waals surface area (Å²) < 4.78 is 0. The van der Waals surface area contributed by atoms with E-state index in [4.69, 9.17) is 5.73 Å². The van der Waals surface area contributed by atoms with E-state index >= 15 is 0 Å². The molecule has 0 aliphatic rings. The average Bonchev–Trinajstić information content (AvgIpc) is 2.49. The maximum atomic E-state index is 11.7. The molecule has 0 bridgehead atoms. The molecule has 0 aromatic heterocycles. The average molecular weight is 302 g/mol. The van der Waals surface area contributed by atoms with Crippen LogP contribution in [0.2, 0.25) is 18.1 Å². The third-order valence-electron chi connectivity index (χ3n) is 4.71. The van der Waals surface area contributed by atoms with Gasteiger partial charge in [0.25, 0.3) is 0 Å². The first-order valence-electron chi connectivity index (χ1n) is 7.75. The van der Waals surface area contributed by atoms with Crippen molar-refractivity contribution in [3.8, 4) is 11.5 Å². The number of carbonyl (C=O) groups excluding carboxylic acids is 1. The third-order valence-corrected chi connectivity index (χ3v) is 9.43. The van der Waals surface area contributed by atoms with Crippen LogP contribution in [0.1, 0.15) is 45.7 Å². The Morgan fingerprint density at radius 2 is 1.67 bits per heavy atom. The molecule has 1 rings (SSSR count). The lowest BCUT2D eigenvalue weighted by molar-refractivity contribution is -0.122. The van der Waals surface area contributed by atoms with Gasteiger partial charge in [0.05, 0.1) is 5.41 Å². The predicted molar refractivity (Wildman–Crippen MR) is 92.7 cm³/mol. The Bertz CT molecular complexity index is 554. The third kappa shape index (κ3) is 3.77. The minimum absolute atomic E-state index is 0.318. The van der Waals surface area contributed by atoms with Crippen molar-refractivity contribution in [3.63, 3.8) is 0 Å². The first kappa shape index (κ1) is 17.5. The Labute approximate surface area is 130 Å². The molecule has 2 nitrogen and oxygen atoms in total. The number of benzene rings is 1. The summed E-state index contributed by atoms with van der Waals surface area (Å²) >= 11 is 0. The molecule has 0 spiro atoms. The molecule has 0 unspecified atom stereocenters. The highest BCUT2D eigenvalue weighted by molar-refractivity contribution is 6.87. The molecule has 0 fully saturated rings. The predicted octanol–water partition coefficient (Wildman–Crippen LogP) is 3.85. The second kappa shape index (κ2) is 6.95. The molecular weight excluding hydrogens is 274 g/mol. The Kier molecular flexibility index (Phi) is 5.80. The maximum Gasteiger partial charge on any atom is 0.227 e. The minimum Gasteiger partial charge on any atom is -0.369 e. The molecule has 114 valence electrons. The van der Waals surface area contributed by atoms with Crippen molar-refractivity contribution in [1.29, 1.82) is 0 Å². The topological polar surface area (TPSA) is 43.1 Å². The molecule has 1 amide bonds. The highest BCUT2D eigenvalue weighted by atomic mass is 28.3. The lowest BCUT2D eigenvalue weighted by Gasteiger charge is -2.23. The Morgan fingerprint density at radius 1 is 1.14 bits per heavy atom. The van der Waals surface area contributed by atoms with Gasteiger partial charge in [-0.2, -0.15) is 0 Å². The zero-order chi connectivity index (χ0) is 16.1. The molecule has 3 heteroatoms. The Hall–Kier alpha value is -1.53. The molecule has 0 heterocycles. The number of hydrogen-bond acceptors (Lipinski definition) is 1. The number of rotatable bonds is 5. The highest BCUT2D eigenvalue weighted by Crippen LogP contribution is 2.26. The summed E-state index contributed by atoms with van der Waals surface area (Å²) in [6.07, 6.45) is 0. The number of amides is 1. The van der Waals surface area contributed by atoms with Crippen LogP contribution in [-0.2, 0) is 10.2 Å². The molecule has 0 aliphatic heterocycles. The van der Waals surface area contributed by atoms with Gasteiger partial charge in [-0.1, -0.05) is 44.9 Å². The number of nitrogens with two attached hydrogens (primary N) is 1. The normalized spacial score (nSPS) is 11.7. The van der Waals surface area contributed by atoms with Crippen LogP contribution in [0.5, 0.6) is 0 Å². The van der Waals surface area contributed by atoms with Crippen molar-refractivity contribution in [3.05, 3.63) is 35.4 Å². The second-order valence-corrected chi connectivity index (χ2v) is 11.1. The Morgan fingerprint density at radius 3 is 2.14 bits per heavy atom. The Balaban J connectivity index is 3.33. The van der Waals surface area contributed by atoms with E-state index in [1.54, 1.807) is 0 Å². The van der Waals surface area contributed by atoms with E-state index in [-0.39, 0.29) is 5.91 Å². The summed E-state index contributed by atoms with van der Waals surface area (Å²) in [5, 5.41) is 0. The van der Waals surface area contributed by atoms with Crippen molar-refractivity contribution in [2.24, 2.45) is 5.73 Å². The molecule has 0 saturated heterocycles. The van der Waals surface area contributed by atoms with Gasteiger partial charge in [-0.05, 0) is 43.6 Å². The van der Waals surface area contributed by atoms with E-state index in [0.29, 0.717) is 0 Å². The quantitative estimate of drug-likeness (QED) is 0.651.